The van der Waals surface area contributed by atoms with Gasteiger partial charge in [0.2, 0.25) is 0 Å². The second-order valence-electron chi connectivity index (χ2n) is 4.38. The monoisotopic (exact) mass is 352 g/mol. The zero-order chi connectivity index (χ0) is 14.7. The quantitative estimate of drug-likeness (QED) is 0.839. The van der Waals surface area contributed by atoms with E-state index in [0.29, 0.717) is 10.6 Å². The van der Waals surface area contributed by atoms with Crippen LogP contribution in [0.25, 0.3) is 0 Å². The predicted octanol–water partition coefficient (Wildman–Crippen LogP) is 4.70. The lowest BCUT2D eigenvalue weighted by Crippen LogP contribution is -2.14. The zero-order valence-electron chi connectivity index (χ0n) is 11.1. The van der Waals surface area contributed by atoms with Gasteiger partial charge in [0.15, 0.2) is 0 Å². The Hall–Kier alpha value is -1.52. The van der Waals surface area contributed by atoms with Gasteiger partial charge in [-0.15, -0.1) is 0 Å². The SMILES string of the molecule is CNc1ccc(Cl)cc1C(=O)Nc1cc(C)ccc1Br. The summed E-state index contributed by atoms with van der Waals surface area (Å²) in [5.74, 6) is -0.205. The molecule has 0 saturated carbocycles. The number of aryl methyl sites for hydroxylation is 1. The van der Waals surface area contributed by atoms with Crippen molar-refractivity contribution in [2.45, 2.75) is 6.92 Å². The van der Waals surface area contributed by atoms with Crippen LogP contribution in [0.5, 0.6) is 0 Å². The van der Waals surface area contributed by atoms with Crippen LogP contribution in [0.1, 0.15) is 15.9 Å². The van der Waals surface area contributed by atoms with Crippen molar-refractivity contribution in [1.82, 2.24) is 0 Å². The van der Waals surface area contributed by atoms with Crippen LogP contribution >= 0.6 is 27.5 Å². The number of rotatable bonds is 3. The standard InChI is InChI=1S/C15H14BrClN2O/c1-9-3-5-12(16)14(7-9)19-15(20)11-8-10(17)4-6-13(11)18-2/h3-8,18H,1-2H3,(H,19,20). The summed E-state index contributed by atoms with van der Waals surface area (Å²) in [4.78, 5) is 12.4. The fraction of sp³-hybridized carbons (Fsp3) is 0.133. The molecule has 1 amide bonds. The Bertz CT molecular complexity index is 658. The smallest absolute Gasteiger partial charge is 0.257 e. The fourth-order valence-corrected chi connectivity index (χ4v) is 2.36. The molecule has 0 radical (unpaired) electrons. The van der Waals surface area contributed by atoms with Gasteiger partial charge in [-0.05, 0) is 58.7 Å². The number of nitrogens with one attached hydrogen (secondary N) is 2. The van der Waals surface area contributed by atoms with Crippen molar-refractivity contribution >= 4 is 44.8 Å². The van der Waals surface area contributed by atoms with E-state index in [9.17, 15) is 4.79 Å². The molecule has 0 aliphatic heterocycles. The van der Waals surface area contributed by atoms with Crippen molar-refractivity contribution in [1.29, 1.82) is 0 Å². The Kier molecular flexibility index (Phi) is 4.68. The highest BCUT2D eigenvalue weighted by atomic mass is 79.9. The Morgan fingerprint density at radius 2 is 1.90 bits per heavy atom. The van der Waals surface area contributed by atoms with Crippen molar-refractivity contribution in [2.24, 2.45) is 0 Å². The molecule has 0 fully saturated rings. The first-order chi connectivity index (χ1) is 9.51. The number of carbonyl (C=O) groups is 1. The normalized spacial score (nSPS) is 10.2. The molecule has 0 aromatic heterocycles. The third-order valence-electron chi connectivity index (χ3n) is 2.87. The van der Waals surface area contributed by atoms with E-state index in [1.807, 2.05) is 25.1 Å². The molecule has 20 heavy (non-hydrogen) atoms. The van der Waals surface area contributed by atoms with Crippen molar-refractivity contribution < 1.29 is 4.79 Å². The first-order valence-electron chi connectivity index (χ1n) is 6.06. The summed E-state index contributed by atoms with van der Waals surface area (Å²) in [5, 5.41) is 6.39. The topological polar surface area (TPSA) is 41.1 Å². The number of carbonyl (C=O) groups excluding carboxylic acids is 1. The van der Waals surface area contributed by atoms with E-state index < -0.39 is 0 Å². The van der Waals surface area contributed by atoms with Gasteiger partial charge in [0.25, 0.3) is 5.91 Å². The Labute approximate surface area is 131 Å². The minimum atomic E-state index is -0.205. The van der Waals surface area contributed by atoms with Gasteiger partial charge in [-0.2, -0.15) is 0 Å². The Morgan fingerprint density at radius 1 is 1.15 bits per heavy atom. The molecule has 2 N–H and O–H groups in total. The molecule has 0 aliphatic carbocycles. The molecule has 2 aromatic carbocycles. The van der Waals surface area contributed by atoms with Gasteiger partial charge >= 0.3 is 0 Å². The van der Waals surface area contributed by atoms with Gasteiger partial charge in [-0.1, -0.05) is 17.7 Å². The van der Waals surface area contributed by atoms with Crippen LogP contribution in [-0.4, -0.2) is 13.0 Å². The number of anilines is 2. The number of hydrogen-bond donors (Lipinski definition) is 2. The second kappa shape index (κ2) is 6.29. The van der Waals surface area contributed by atoms with Crippen molar-refractivity contribution in [2.75, 3.05) is 17.7 Å². The van der Waals surface area contributed by atoms with Gasteiger partial charge in [-0.3, -0.25) is 4.79 Å². The van der Waals surface area contributed by atoms with E-state index >= 15 is 0 Å². The fourth-order valence-electron chi connectivity index (χ4n) is 1.85. The molecule has 0 atom stereocenters. The summed E-state index contributed by atoms with van der Waals surface area (Å²) in [5.41, 5.74) is 3.05. The number of hydrogen-bond acceptors (Lipinski definition) is 2. The third kappa shape index (κ3) is 3.32. The first kappa shape index (κ1) is 14.9. The molecule has 5 heteroatoms. The van der Waals surface area contributed by atoms with Crippen LogP contribution in [-0.2, 0) is 0 Å². The van der Waals surface area contributed by atoms with Gasteiger partial charge in [-0.25, -0.2) is 0 Å². The molecule has 0 unspecified atom stereocenters. The van der Waals surface area contributed by atoms with E-state index in [0.717, 1.165) is 21.4 Å². The average molecular weight is 354 g/mol. The Balaban J connectivity index is 2.32. The van der Waals surface area contributed by atoms with Crippen LogP contribution in [0.3, 0.4) is 0 Å². The maximum atomic E-state index is 12.4. The van der Waals surface area contributed by atoms with Crippen LogP contribution in [0, 0.1) is 6.92 Å². The zero-order valence-corrected chi connectivity index (χ0v) is 13.5. The van der Waals surface area contributed by atoms with Gasteiger partial charge in [0.1, 0.15) is 0 Å². The van der Waals surface area contributed by atoms with Crippen molar-refractivity contribution in [3.8, 4) is 0 Å². The van der Waals surface area contributed by atoms with Crippen LogP contribution < -0.4 is 10.6 Å². The minimum Gasteiger partial charge on any atom is -0.387 e. The molecular weight excluding hydrogens is 340 g/mol. The number of amides is 1. The lowest BCUT2D eigenvalue weighted by atomic mass is 10.1. The van der Waals surface area contributed by atoms with Crippen LogP contribution in [0.4, 0.5) is 11.4 Å². The summed E-state index contributed by atoms with van der Waals surface area (Å²) in [6.45, 7) is 1.97. The molecule has 104 valence electrons. The van der Waals surface area contributed by atoms with Crippen molar-refractivity contribution in [3.05, 3.63) is 57.0 Å². The molecule has 0 bridgehead atoms. The summed E-state index contributed by atoms with van der Waals surface area (Å²) < 4.78 is 0.837. The third-order valence-corrected chi connectivity index (χ3v) is 3.79. The molecule has 2 aromatic rings. The lowest BCUT2D eigenvalue weighted by molar-refractivity contribution is 0.102. The minimum absolute atomic E-state index is 0.205. The highest BCUT2D eigenvalue weighted by Gasteiger charge is 2.13. The van der Waals surface area contributed by atoms with Crippen LogP contribution in [0.2, 0.25) is 5.02 Å². The number of benzene rings is 2. The molecular formula is C15H14BrClN2O. The molecule has 0 aliphatic rings. The van der Waals surface area contributed by atoms with E-state index in [2.05, 4.69) is 26.6 Å². The van der Waals surface area contributed by atoms with E-state index in [-0.39, 0.29) is 5.91 Å². The van der Waals surface area contributed by atoms with E-state index in [1.165, 1.54) is 0 Å². The van der Waals surface area contributed by atoms with Gasteiger partial charge < -0.3 is 10.6 Å². The van der Waals surface area contributed by atoms with Crippen molar-refractivity contribution in [3.63, 3.8) is 0 Å². The molecule has 3 nitrogen and oxygen atoms in total. The van der Waals surface area contributed by atoms with Crippen LogP contribution in [0.15, 0.2) is 40.9 Å². The highest BCUT2D eigenvalue weighted by molar-refractivity contribution is 9.10. The summed E-state index contributed by atoms with van der Waals surface area (Å²) >= 11 is 9.39. The second-order valence-corrected chi connectivity index (χ2v) is 5.67. The summed E-state index contributed by atoms with van der Waals surface area (Å²) in [7, 11) is 1.77. The highest BCUT2D eigenvalue weighted by Crippen LogP contribution is 2.26. The average Bonchev–Trinajstić information content (AvgIpc) is 2.42. The lowest BCUT2D eigenvalue weighted by Gasteiger charge is -2.12. The van der Waals surface area contributed by atoms with Gasteiger partial charge in [0.05, 0.1) is 11.3 Å². The maximum absolute atomic E-state index is 12.4. The predicted molar refractivity (Wildman–Crippen MR) is 87.8 cm³/mol. The van der Waals surface area contributed by atoms with Gasteiger partial charge in [0, 0.05) is 22.2 Å². The molecule has 0 saturated heterocycles. The summed E-state index contributed by atoms with van der Waals surface area (Å²) in [6, 6.07) is 11.0. The molecule has 0 spiro atoms. The maximum Gasteiger partial charge on any atom is 0.257 e. The summed E-state index contributed by atoms with van der Waals surface area (Å²) in [6.07, 6.45) is 0. The van der Waals surface area contributed by atoms with E-state index in [1.54, 1.807) is 25.2 Å². The van der Waals surface area contributed by atoms with E-state index in [4.69, 9.17) is 11.6 Å². The largest absolute Gasteiger partial charge is 0.387 e. The Morgan fingerprint density at radius 3 is 2.60 bits per heavy atom. The first-order valence-corrected chi connectivity index (χ1v) is 7.23. The number of halogens is 2. The molecule has 2 rings (SSSR count). The molecule has 0 heterocycles.